The van der Waals surface area contributed by atoms with Gasteiger partial charge in [0.1, 0.15) is 5.75 Å². The summed E-state index contributed by atoms with van der Waals surface area (Å²) in [5.74, 6) is 0.237. The maximum Gasteiger partial charge on any atom is 0.261 e. The molecule has 0 saturated carbocycles. The number of nitrogens with two attached hydrogens (primary N) is 1. The first kappa shape index (κ1) is 12.8. The van der Waals surface area contributed by atoms with Gasteiger partial charge in [-0.15, -0.1) is 0 Å². The van der Waals surface area contributed by atoms with Crippen LogP contribution in [0.3, 0.4) is 0 Å². The van der Waals surface area contributed by atoms with E-state index in [1.165, 1.54) is 19.2 Å². The van der Waals surface area contributed by atoms with Gasteiger partial charge in [0.15, 0.2) is 0 Å². The molecule has 2 N–H and O–H groups in total. The lowest BCUT2D eigenvalue weighted by atomic mass is 10.1. The molecule has 0 atom stereocenters. The van der Waals surface area contributed by atoms with Crippen LogP contribution in [-0.2, 0) is 15.6 Å². The molecular formula is C9H9ClN2O3S. The minimum atomic E-state index is -3.89. The molecule has 1 rings (SSSR count). The largest absolute Gasteiger partial charge is 0.496 e. The molecule has 0 aliphatic rings. The fraction of sp³-hybridized carbons (Fsp3) is 0.222. The van der Waals surface area contributed by atoms with Crippen LogP contribution in [0.15, 0.2) is 17.0 Å². The monoisotopic (exact) mass is 260 g/mol. The lowest BCUT2D eigenvalue weighted by molar-refractivity contribution is 0.408. The van der Waals surface area contributed by atoms with Crippen molar-refractivity contribution in [2.24, 2.45) is 5.73 Å². The summed E-state index contributed by atoms with van der Waals surface area (Å²) < 4.78 is 27.2. The van der Waals surface area contributed by atoms with E-state index in [9.17, 15) is 8.42 Å². The number of methoxy groups -OCH3 is 1. The molecule has 0 fully saturated rings. The van der Waals surface area contributed by atoms with Crippen LogP contribution in [0.5, 0.6) is 5.75 Å². The molecule has 5 nitrogen and oxygen atoms in total. The predicted molar refractivity (Wildman–Crippen MR) is 58.6 cm³/mol. The average Bonchev–Trinajstić information content (AvgIpc) is 2.25. The molecule has 0 amide bonds. The quantitative estimate of drug-likeness (QED) is 0.817. The topological polar surface area (TPSA) is 93.2 Å². The van der Waals surface area contributed by atoms with Crippen molar-refractivity contribution >= 4 is 19.7 Å². The smallest absolute Gasteiger partial charge is 0.261 e. The summed E-state index contributed by atoms with van der Waals surface area (Å²) in [5.41, 5.74) is 6.04. The zero-order valence-electron chi connectivity index (χ0n) is 8.40. The number of rotatable bonds is 3. The Morgan fingerprint density at radius 2 is 2.19 bits per heavy atom. The van der Waals surface area contributed by atoms with Gasteiger partial charge in [-0.2, -0.15) is 5.26 Å². The first-order chi connectivity index (χ1) is 7.43. The second kappa shape index (κ2) is 4.70. The molecule has 0 bridgehead atoms. The van der Waals surface area contributed by atoms with E-state index in [1.807, 2.05) is 6.07 Å². The van der Waals surface area contributed by atoms with E-state index in [-0.39, 0.29) is 22.8 Å². The van der Waals surface area contributed by atoms with Crippen molar-refractivity contribution in [3.05, 3.63) is 23.3 Å². The average molecular weight is 261 g/mol. The van der Waals surface area contributed by atoms with Crippen molar-refractivity contribution in [2.45, 2.75) is 11.4 Å². The second-order valence-electron chi connectivity index (χ2n) is 2.91. The van der Waals surface area contributed by atoms with E-state index in [0.717, 1.165) is 0 Å². The summed E-state index contributed by atoms with van der Waals surface area (Å²) in [7, 11) is 2.66. The summed E-state index contributed by atoms with van der Waals surface area (Å²) in [6, 6.07) is 4.27. The zero-order valence-corrected chi connectivity index (χ0v) is 9.97. The molecule has 16 heavy (non-hydrogen) atoms. The summed E-state index contributed by atoms with van der Waals surface area (Å²) in [6.45, 7) is 0.0781. The first-order valence-corrected chi connectivity index (χ1v) is 6.50. The third-order valence-corrected chi connectivity index (χ3v) is 3.34. The van der Waals surface area contributed by atoms with Crippen molar-refractivity contribution in [3.63, 3.8) is 0 Å². The molecule has 0 aliphatic heterocycles. The van der Waals surface area contributed by atoms with Crippen molar-refractivity contribution in [2.75, 3.05) is 7.11 Å². The molecule has 86 valence electrons. The van der Waals surface area contributed by atoms with Gasteiger partial charge in [0.2, 0.25) is 0 Å². The molecule has 1 aromatic carbocycles. The lowest BCUT2D eigenvalue weighted by Gasteiger charge is -2.09. The maximum atomic E-state index is 11.1. The maximum absolute atomic E-state index is 11.1. The number of hydrogen-bond donors (Lipinski definition) is 1. The van der Waals surface area contributed by atoms with Gasteiger partial charge in [0, 0.05) is 28.9 Å². The van der Waals surface area contributed by atoms with Crippen LogP contribution >= 0.6 is 10.7 Å². The molecule has 1 aromatic rings. The standard InChI is InChI=1S/C9H9ClN2O3S/c1-15-9-3-7(16(10,13)14)2-6(4-11)8(9)5-12/h2-3H,5,12H2,1H3. The Hall–Kier alpha value is -1.29. The normalized spacial score (nSPS) is 10.9. The second-order valence-corrected chi connectivity index (χ2v) is 5.47. The van der Waals surface area contributed by atoms with E-state index in [2.05, 4.69) is 0 Å². The van der Waals surface area contributed by atoms with Crippen molar-refractivity contribution in [1.29, 1.82) is 5.26 Å². The number of ether oxygens (including phenoxy) is 1. The van der Waals surface area contributed by atoms with Crippen molar-refractivity contribution in [1.82, 2.24) is 0 Å². The van der Waals surface area contributed by atoms with Gasteiger partial charge in [-0.05, 0) is 6.07 Å². The summed E-state index contributed by atoms with van der Waals surface area (Å²) in [4.78, 5) is -0.181. The number of halogens is 1. The fourth-order valence-corrected chi connectivity index (χ4v) is 2.03. The number of hydrogen-bond acceptors (Lipinski definition) is 5. The molecule has 0 heterocycles. The Kier molecular flexibility index (Phi) is 3.75. The van der Waals surface area contributed by atoms with Crippen LogP contribution in [0.25, 0.3) is 0 Å². The predicted octanol–water partition coefficient (Wildman–Crippen LogP) is 0.953. The Bertz CT molecular complexity index is 549. The number of benzene rings is 1. The minimum absolute atomic E-state index is 0.0781. The third-order valence-electron chi connectivity index (χ3n) is 2.01. The molecule has 0 aromatic heterocycles. The molecular weight excluding hydrogens is 252 g/mol. The van der Waals surface area contributed by atoms with Crippen LogP contribution in [0.4, 0.5) is 0 Å². The number of nitrogens with zero attached hydrogens (tertiary/aromatic N) is 1. The van der Waals surface area contributed by atoms with Gasteiger partial charge >= 0.3 is 0 Å². The first-order valence-electron chi connectivity index (χ1n) is 4.19. The molecule has 0 saturated heterocycles. The zero-order chi connectivity index (χ0) is 12.3. The summed E-state index contributed by atoms with van der Waals surface area (Å²) in [5, 5.41) is 8.86. The van der Waals surface area contributed by atoms with Gasteiger partial charge in [0.05, 0.1) is 23.6 Å². The summed E-state index contributed by atoms with van der Waals surface area (Å²) >= 11 is 0. The Morgan fingerprint density at radius 3 is 2.56 bits per heavy atom. The van der Waals surface area contributed by atoms with E-state index in [4.69, 9.17) is 26.4 Å². The van der Waals surface area contributed by atoms with Gasteiger partial charge < -0.3 is 10.5 Å². The highest BCUT2D eigenvalue weighted by atomic mass is 35.7. The van der Waals surface area contributed by atoms with E-state index in [1.54, 1.807) is 0 Å². The highest BCUT2D eigenvalue weighted by Crippen LogP contribution is 2.28. The van der Waals surface area contributed by atoms with E-state index in [0.29, 0.717) is 5.56 Å². The molecule has 0 aliphatic carbocycles. The third kappa shape index (κ3) is 2.44. The lowest BCUT2D eigenvalue weighted by Crippen LogP contribution is -2.05. The van der Waals surface area contributed by atoms with Crippen LogP contribution in [0.2, 0.25) is 0 Å². The highest BCUT2D eigenvalue weighted by molar-refractivity contribution is 8.13. The molecule has 0 unspecified atom stereocenters. The van der Waals surface area contributed by atoms with Crippen LogP contribution < -0.4 is 10.5 Å². The molecule has 0 radical (unpaired) electrons. The SMILES string of the molecule is COc1cc(S(=O)(=O)Cl)cc(C#N)c1CN. The minimum Gasteiger partial charge on any atom is -0.496 e. The Labute approximate surface area is 97.8 Å². The van der Waals surface area contributed by atoms with Crippen molar-refractivity contribution < 1.29 is 13.2 Å². The Balaban J connectivity index is 3.58. The van der Waals surface area contributed by atoms with E-state index < -0.39 is 9.05 Å². The van der Waals surface area contributed by atoms with Crippen molar-refractivity contribution in [3.8, 4) is 11.8 Å². The van der Waals surface area contributed by atoms with Gasteiger partial charge in [-0.3, -0.25) is 0 Å². The van der Waals surface area contributed by atoms with Gasteiger partial charge in [0.25, 0.3) is 9.05 Å². The highest BCUT2D eigenvalue weighted by Gasteiger charge is 2.17. The summed E-state index contributed by atoms with van der Waals surface area (Å²) in [6.07, 6.45) is 0. The van der Waals surface area contributed by atoms with Crippen LogP contribution in [0.1, 0.15) is 11.1 Å². The molecule has 7 heteroatoms. The number of nitriles is 1. The molecule has 0 spiro atoms. The van der Waals surface area contributed by atoms with Crippen LogP contribution in [0, 0.1) is 11.3 Å². The van der Waals surface area contributed by atoms with Gasteiger partial charge in [-0.25, -0.2) is 8.42 Å². The van der Waals surface area contributed by atoms with Gasteiger partial charge in [-0.1, -0.05) is 0 Å². The fourth-order valence-electron chi connectivity index (χ4n) is 1.25. The Morgan fingerprint density at radius 1 is 1.56 bits per heavy atom. The van der Waals surface area contributed by atoms with E-state index >= 15 is 0 Å². The van der Waals surface area contributed by atoms with Crippen LogP contribution in [-0.4, -0.2) is 15.5 Å².